The Morgan fingerprint density at radius 3 is 2.86 bits per heavy atom. The normalized spacial score (nSPS) is 10.8. The minimum absolute atomic E-state index is 0.191. The van der Waals surface area contributed by atoms with Gasteiger partial charge in [-0.25, -0.2) is 4.98 Å². The molecule has 0 aliphatic carbocycles. The van der Waals surface area contributed by atoms with E-state index >= 15 is 0 Å². The summed E-state index contributed by atoms with van der Waals surface area (Å²) in [6.07, 6.45) is 0. The first-order valence-corrected chi connectivity index (χ1v) is 7.71. The van der Waals surface area contributed by atoms with Crippen molar-refractivity contribution in [2.75, 3.05) is 5.32 Å². The molecule has 2 N–H and O–H groups in total. The van der Waals surface area contributed by atoms with Gasteiger partial charge in [-0.15, -0.1) is 0 Å². The van der Waals surface area contributed by atoms with E-state index in [0.29, 0.717) is 16.3 Å². The number of nitrogens with zero attached hydrogens (tertiary/aromatic N) is 1. The Bertz CT molecular complexity index is 844. The minimum atomic E-state index is -0.191. The van der Waals surface area contributed by atoms with Crippen LogP contribution >= 0.6 is 34.2 Å². The molecule has 21 heavy (non-hydrogen) atoms. The lowest BCUT2D eigenvalue weighted by molar-refractivity contribution is 0.102. The molecule has 0 saturated carbocycles. The molecule has 0 saturated heterocycles. The van der Waals surface area contributed by atoms with Gasteiger partial charge in [0.25, 0.3) is 5.91 Å². The molecule has 0 aliphatic rings. The monoisotopic (exact) mass is 411 g/mol. The van der Waals surface area contributed by atoms with Gasteiger partial charge in [-0.2, -0.15) is 0 Å². The SMILES string of the molecule is Cc1nc2ccc(NC(=O)c3ccc(I)c(Cl)c3)cc2[nH]1. The third kappa shape index (κ3) is 3.03. The summed E-state index contributed by atoms with van der Waals surface area (Å²) in [6, 6.07) is 10.8. The maximum absolute atomic E-state index is 12.2. The van der Waals surface area contributed by atoms with Crippen molar-refractivity contribution in [2.24, 2.45) is 0 Å². The molecular formula is C15H11ClIN3O. The number of aromatic amines is 1. The summed E-state index contributed by atoms with van der Waals surface area (Å²) in [5.41, 5.74) is 3.01. The number of halogens is 2. The average Bonchev–Trinajstić information content (AvgIpc) is 2.81. The number of fused-ring (bicyclic) bond motifs is 1. The molecular weight excluding hydrogens is 401 g/mol. The number of benzene rings is 2. The van der Waals surface area contributed by atoms with Crippen LogP contribution < -0.4 is 5.32 Å². The van der Waals surface area contributed by atoms with E-state index in [1.165, 1.54) is 0 Å². The van der Waals surface area contributed by atoms with Crippen LogP contribution in [0.4, 0.5) is 5.69 Å². The molecule has 0 fully saturated rings. The van der Waals surface area contributed by atoms with Crippen LogP contribution in [0.2, 0.25) is 5.02 Å². The molecule has 0 radical (unpaired) electrons. The lowest BCUT2D eigenvalue weighted by atomic mass is 10.2. The lowest BCUT2D eigenvalue weighted by Gasteiger charge is -2.06. The van der Waals surface area contributed by atoms with Gasteiger partial charge in [0.1, 0.15) is 5.82 Å². The van der Waals surface area contributed by atoms with Crippen molar-refractivity contribution >= 4 is 56.8 Å². The molecule has 4 nitrogen and oxygen atoms in total. The molecule has 1 aromatic heterocycles. The van der Waals surface area contributed by atoms with Crippen molar-refractivity contribution in [1.29, 1.82) is 0 Å². The number of hydrogen-bond acceptors (Lipinski definition) is 2. The van der Waals surface area contributed by atoms with E-state index in [0.717, 1.165) is 20.4 Å². The largest absolute Gasteiger partial charge is 0.342 e. The summed E-state index contributed by atoms with van der Waals surface area (Å²) in [4.78, 5) is 19.7. The van der Waals surface area contributed by atoms with Gasteiger partial charge in [-0.05, 0) is 65.9 Å². The molecule has 0 atom stereocenters. The van der Waals surface area contributed by atoms with Gasteiger partial charge in [0.05, 0.1) is 16.1 Å². The Kier molecular flexibility index (Phi) is 3.86. The van der Waals surface area contributed by atoms with Crippen molar-refractivity contribution in [3.05, 3.63) is 56.4 Å². The smallest absolute Gasteiger partial charge is 0.255 e. The van der Waals surface area contributed by atoms with E-state index in [1.54, 1.807) is 12.1 Å². The quantitative estimate of drug-likeness (QED) is 0.615. The van der Waals surface area contributed by atoms with Crippen molar-refractivity contribution in [2.45, 2.75) is 6.92 Å². The summed E-state index contributed by atoms with van der Waals surface area (Å²) in [5.74, 6) is 0.654. The molecule has 6 heteroatoms. The summed E-state index contributed by atoms with van der Waals surface area (Å²) < 4.78 is 0.917. The third-order valence-corrected chi connectivity index (χ3v) is 4.61. The van der Waals surface area contributed by atoms with E-state index in [1.807, 2.05) is 31.2 Å². The minimum Gasteiger partial charge on any atom is -0.342 e. The second kappa shape index (κ2) is 5.65. The third-order valence-electron chi connectivity index (χ3n) is 3.04. The Morgan fingerprint density at radius 1 is 1.29 bits per heavy atom. The first-order valence-electron chi connectivity index (χ1n) is 6.26. The molecule has 0 unspecified atom stereocenters. The van der Waals surface area contributed by atoms with Gasteiger partial charge >= 0.3 is 0 Å². The standard InChI is InChI=1S/C15H11ClIN3O/c1-8-18-13-5-3-10(7-14(13)19-8)20-15(21)9-2-4-12(17)11(16)6-9/h2-7H,1H3,(H,18,19)(H,20,21). The number of rotatable bonds is 2. The fourth-order valence-corrected chi connectivity index (χ4v) is 2.57. The second-order valence-electron chi connectivity index (χ2n) is 4.64. The predicted molar refractivity (Wildman–Crippen MR) is 93.0 cm³/mol. The topological polar surface area (TPSA) is 57.8 Å². The highest BCUT2D eigenvalue weighted by Gasteiger charge is 2.09. The van der Waals surface area contributed by atoms with Gasteiger partial charge in [-0.3, -0.25) is 4.79 Å². The summed E-state index contributed by atoms with van der Waals surface area (Å²) in [5, 5.41) is 3.43. The molecule has 3 aromatic rings. The number of aromatic nitrogens is 2. The van der Waals surface area contributed by atoms with Crippen LogP contribution in [0.25, 0.3) is 11.0 Å². The van der Waals surface area contributed by atoms with E-state index in [2.05, 4.69) is 37.9 Å². The maximum atomic E-state index is 12.2. The molecule has 1 amide bonds. The zero-order chi connectivity index (χ0) is 15.0. The van der Waals surface area contributed by atoms with Crippen LogP contribution in [0.15, 0.2) is 36.4 Å². The first-order chi connectivity index (χ1) is 10.0. The molecule has 3 rings (SSSR count). The van der Waals surface area contributed by atoms with Crippen LogP contribution in [0.5, 0.6) is 0 Å². The predicted octanol–water partition coefficient (Wildman–Crippen LogP) is 4.38. The molecule has 0 aliphatic heterocycles. The highest BCUT2D eigenvalue weighted by Crippen LogP contribution is 2.21. The molecule has 0 bridgehead atoms. The van der Waals surface area contributed by atoms with Gasteiger partial charge in [-0.1, -0.05) is 11.6 Å². The molecule has 106 valence electrons. The van der Waals surface area contributed by atoms with Crippen molar-refractivity contribution in [3.8, 4) is 0 Å². The fourth-order valence-electron chi connectivity index (χ4n) is 2.06. The van der Waals surface area contributed by atoms with Gasteiger partial charge in [0.15, 0.2) is 0 Å². The number of aryl methyl sites for hydroxylation is 1. The van der Waals surface area contributed by atoms with Crippen LogP contribution in [-0.2, 0) is 0 Å². The van der Waals surface area contributed by atoms with E-state index in [4.69, 9.17) is 11.6 Å². The first kappa shape index (κ1) is 14.3. The maximum Gasteiger partial charge on any atom is 0.255 e. The summed E-state index contributed by atoms with van der Waals surface area (Å²) >= 11 is 8.17. The van der Waals surface area contributed by atoms with Crippen LogP contribution in [0.1, 0.15) is 16.2 Å². The van der Waals surface area contributed by atoms with Gasteiger partial charge in [0, 0.05) is 14.8 Å². The van der Waals surface area contributed by atoms with Crippen molar-refractivity contribution in [1.82, 2.24) is 9.97 Å². The fraction of sp³-hybridized carbons (Fsp3) is 0.0667. The van der Waals surface area contributed by atoms with Gasteiger partial charge in [0.2, 0.25) is 0 Å². The van der Waals surface area contributed by atoms with Crippen molar-refractivity contribution < 1.29 is 4.79 Å². The Hall–Kier alpha value is -1.60. The number of carbonyl (C=O) groups is 1. The second-order valence-corrected chi connectivity index (χ2v) is 6.21. The number of amides is 1. The van der Waals surface area contributed by atoms with E-state index < -0.39 is 0 Å². The molecule has 1 heterocycles. The number of imidazole rings is 1. The summed E-state index contributed by atoms with van der Waals surface area (Å²) in [6.45, 7) is 1.89. The number of H-pyrrole nitrogens is 1. The van der Waals surface area contributed by atoms with Crippen LogP contribution in [-0.4, -0.2) is 15.9 Å². The Morgan fingerprint density at radius 2 is 2.10 bits per heavy atom. The number of anilines is 1. The number of nitrogens with one attached hydrogen (secondary N) is 2. The number of carbonyl (C=O) groups excluding carboxylic acids is 1. The van der Waals surface area contributed by atoms with E-state index in [9.17, 15) is 4.79 Å². The van der Waals surface area contributed by atoms with E-state index in [-0.39, 0.29) is 5.91 Å². The van der Waals surface area contributed by atoms with Gasteiger partial charge < -0.3 is 10.3 Å². The highest BCUT2D eigenvalue weighted by molar-refractivity contribution is 14.1. The summed E-state index contributed by atoms with van der Waals surface area (Å²) in [7, 11) is 0. The Balaban J connectivity index is 1.86. The average molecular weight is 412 g/mol. The zero-order valence-electron chi connectivity index (χ0n) is 11.1. The van der Waals surface area contributed by atoms with Crippen LogP contribution in [0, 0.1) is 10.5 Å². The van der Waals surface area contributed by atoms with Crippen molar-refractivity contribution in [3.63, 3.8) is 0 Å². The Labute approximate surface area is 140 Å². The highest BCUT2D eigenvalue weighted by atomic mass is 127. The molecule has 0 spiro atoms. The van der Waals surface area contributed by atoms with Crippen LogP contribution in [0.3, 0.4) is 0 Å². The lowest BCUT2D eigenvalue weighted by Crippen LogP contribution is -2.11. The zero-order valence-corrected chi connectivity index (χ0v) is 14.0. The molecule has 2 aromatic carbocycles. The number of hydrogen-bond donors (Lipinski definition) is 2.